The zero-order valence-electron chi connectivity index (χ0n) is 16.5. The Morgan fingerprint density at radius 2 is 1.84 bits per heavy atom. The number of ether oxygens (including phenoxy) is 1. The molecule has 31 heavy (non-hydrogen) atoms. The molecule has 5 nitrogen and oxygen atoms in total. The van der Waals surface area contributed by atoms with Crippen LogP contribution < -0.4 is 10.5 Å². The van der Waals surface area contributed by atoms with Gasteiger partial charge < -0.3 is 20.8 Å². The molecular formula is C22H21F4N3O2. The number of benzene rings is 2. The van der Waals surface area contributed by atoms with Gasteiger partial charge in [-0.2, -0.15) is 13.2 Å². The van der Waals surface area contributed by atoms with Crippen LogP contribution in [0.5, 0.6) is 11.5 Å². The topological polar surface area (TPSA) is 79.4 Å². The van der Waals surface area contributed by atoms with Crippen LogP contribution in [0.2, 0.25) is 0 Å². The van der Waals surface area contributed by atoms with E-state index in [1.54, 1.807) is 17.0 Å². The Morgan fingerprint density at radius 1 is 1.13 bits per heavy atom. The van der Waals surface area contributed by atoms with Crippen molar-refractivity contribution in [1.82, 2.24) is 4.90 Å². The fraction of sp³-hybridized carbons (Fsp3) is 0.273. The van der Waals surface area contributed by atoms with Crippen LogP contribution in [0.15, 0.2) is 48.2 Å². The van der Waals surface area contributed by atoms with Gasteiger partial charge in [-0.25, -0.2) is 4.39 Å². The van der Waals surface area contributed by atoms with Crippen LogP contribution in [0.1, 0.15) is 29.5 Å². The summed E-state index contributed by atoms with van der Waals surface area (Å²) in [7, 11) is 0. The number of carbonyl (C=O) groups is 1. The van der Waals surface area contributed by atoms with Crippen molar-refractivity contribution in [3.63, 3.8) is 0 Å². The van der Waals surface area contributed by atoms with Crippen LogP contribution in [0, 0.1) is 11.2 Å². The van der Waals surface area contributed by atoms with Gasteiger partial charge >= 0.3 is 6.18 Å². The average Bonchev–Trinajstić information content (AvgIpc) is 2.73. The van der Waals surface area contributed by atoms with E-state index in [1.165, 1.54) is 6.20 Å². The SMILES string of the molecule is N=C/C(=C\N)CCC(=O)N1CCc2ccc(Oc3ccc(C(F)(F)F)c(F)c3)cc2C1. The third-order valence-corrected chi connectivity index (χ3v) is 5.05. The maximum Gasteiger partial charge on any atom is 0.419 e. The van der Waals surface area contributed by atoms with Crippen molar-refractivity contribution in [2.24, 2.45) is 5.73 Å². The normalized spacial score (nSPS) is 14.2. The Kier molecular flexibility index (Phi) is 6.62. The molecule has 2 aromatic carbocycles. The van der Waals surface area contributed by atoms with E-state index >= 15 is 0 Å². The lowest BCUT2D eigenvalue weighted by Gasteiger charge is -2.29. The van der Waals surface area contributed by atoms with Crippen LogP contribution in [-0.4, -0.2) is 23.6 Å². The van der Waals surface area contributed by atoms with E-state index in [0.29, 0.717) is 49.4 Å². The lowest BCUT2D eigenvalue weighted by Crippen LogP contribution is -2.35. The summed E-state index contributed by atoms with van der Waals surface area (Å²) in [5.41, 5.74) is 6.51. The molecule has 1 aliphatic heterocycles. The number of halogens is 4. The maximum absolute atomic E-state index is 13.8. The molecule has 0 aliphatic carbocycles. The summed E-state index contributed by atoms with van der Waals surface area (Å²) in [4.78, 5) is 14.2. The molecule has 1 amide bonds. The second-order valence-electron chi connectivity index (χ2n) is 7.12. The van der Waals surface area contributed by atoms with Crippen LogP contribution in [0.4, 0.5) is 17.6 Å². The molecule has 2 aromatic rings. The number of hydrogen-bond donors (Lipinski definition) is 2. The molecule has 0 saturated heterocycles. The van der Waals surface area contributed by atoms with Crippen molar-refractivity contribution in [1.29, 1.82) is 5.41 Å². The van der Waals surface area contributed by atoms with E-state index < -0.39 is 17.6 Å². The van der Waals surface area contributed by atoms with Crippen molar-refractivity contribution in [2.45, 2.75) is 32.0 Å². The molecule has 0 unspecified atom stereocenters. The van der Waals surface area contributed by atoms with E-state index in [1.807, 2.05) is 6.07 Å². The molecule has 0 bridgehead atoms. The third kappa shape index (κ3) is 5.42. The largest absolute Gasteiger partial charge is 0.457 e. The first-order chi connectivity index (χ1) is 14.7. The van der Waals surface area contributed by atoms with Crippen molar-refractivity contribution < 1.29 is 27.1 Å². The van der Waals surface area contributed by atoms with Crippen LogP contribution in [0.3, 0.4) is 0 Å². The van der Waals surface area contributed by atoms with Gasteiger partial charge in [0.05, 0.1) is 5.56 Å². The highest BCUT2D eigenvalue weighted by molar-refractivity contribution is 5.80. The highest BCUT2D eigenvalue weighted by Crippen LogP contribution is 2.34. The summed E-state index contributed by atoms with van der Waals surface area (Å²) in [5, 5.41) is 7.23. The molecule has 164 valence electrons. The zero-order valence-corrected chi connectivity index (χ0v) is 16.5. The molecular weight excluding hydrogens is 414 g/mol. The number of amides is 1. The predicted octanol–water partition coefficient (Wildman–Crippen LogP) is 4.79. The Labute approximate surface area is 176 Å². The highest BCUT2D eigenvalue weighted by Gasteiger charge is 2.34. The third-order valence-electron chi connectivity index (χ3n) is 5.05. The van der Waals surface area contributed by atoms with Gasteiger partial charge in [-0.3, -0.25) is 4.79 Å². The van der Waals surface area contributed by atoms with Crippen LogP contribution in [-0.2, 0) is 23.9 Å². The Balaban J connectivity index is 1.70. The summed E-state index contributed by atoms with van der Waals surface area (Å²) in [6, 6.07) is 7.59. The number of fused-ring (bicyclic) bond motifs is 1. The first-order valence-electron chi connectivity index (χ1n) is 9.56. The predicted molar refractivity (Wildman–Crippen MR) is 107 cm³/mol. The Bertz CT molecular complexity index is 1020. The second kappa shape index (κ2) is 9.20. The standard InChI is InChI=1S/C22H21F4N3O2/c23-20-10-18(4-5-19(20)22(24,25)26)31-17-3-2-15-7-8-29(13-16(15)9-17)21(30)6-1-14(11-27)12-28/h2-5,9-12,27H,1,6-8,13,28H2/b14-12-,27-11?. The first-order valence-corrected chi connectivity index (χ1v) is 9.56. The summed E-state index contributed by atoms with van der Waals surface area (Å²) < 4.78 is 57.4. The van der Waals surface area contributed by atoms with Crippen molar-refractivity contribution >= 4 is 12.1 Å². The quantitative estimate of drug-likeness (QED) is 0.506. The number of hydrogen-bond acceptors (Lipinski definition) is 4. The number of allylic oxidation sites excluding steroid dienone is 1. The zero-order chi connectivity index (χ0) is 22.6. The van der Waals surface area contributed by atoms with E-state index in [0.717, 1.165) is 23.4 Å². The number of nitrogens with zero attached hydrogens (tertiary/aromatic N) is 1. The van der Waals surface area contributed by atoms with Gasteiger partial charge in [0.25, 0.3) is 0 Å². The molecule has 0 saturated carbocycles. The fourth-order valence-corrected chi connectivity index (χ4v) is 3.35. The summed E-state index contributed by atoms with van der Waals surface area (Å²) >= 11 is 0. The van der Waals surface area contributed by atoms with Crippen LogP contribution >= 0.6 is 0 Å². The Hall–Kier alpha value is -3.36. The molecule has 9 heteroatoms. The highest BCUT2D eigenvalue weighted by atomic mass is 19.4. The molecule has 0 fully saturated rings. The molecule has 0 atom stereocenters. The first kappa shape index (κ1) is 22.3. The van der Waals surface area contributed by atoms with Gasteiger partial charge in [-0.05, 0) is 60.0 Å². The Morgan fingerprint density at radius 3 is 2.48 bits per heavy atom. The second-order valence-corrected chi connectivity index (χ2v) is 7.12. The van der Waals surface area contributed by atoms with Crippen molar-refractivity contribution in [2.75, 3.05) is 6.54 Å². The molecule has 1 aliphatic rings. The molecule has 0 aromatic heterocycles. The molecule has 0 radical (unpaired) electrons. The minimum Gasteiger partial charge on any atom is -0.457 e. The average molecular weight is 435 g/mol. The number of rotatable bonds is 6. The summed E-state index contributed by atoms with van der Waals surface area (Å²) in [6.07, 6.45) is -1.09. The molecule has 3 rings (SSSR count). The van der Waals surface area contributed by atoms with Gasteiger partial charge in [0.1, 0.15) is 17.3 Å². The smallest absolute Gasteiger partial charge is 0.419 e. The maximum atomic E-state index is 13.8. The number of alkyl halides is 3. The molecule has 3 N–H and O–H groups in total. The number of nitrogens with one attached hydrogen (secondary N) is 1. The number of nitrogens with two attached hydrogens (primary N) is 1. The van der Waals surface area contributed by atoms with Gasteiger partial charge in [0, 0.05) is 31.8 Å². The molecule has 0 spiro atoms. The van der Waals surface area contributed by atoms with Gasteiger partial charge in [-0.1, -0.05) is 6.07 Å². The fourth-order valence-electron chi connectivity index (χ4n) is 3.35. The lowest BCUT2D eigenvalue weighted by molar-refractivity contribution is -0.140. The summed E-state index contributed by atoms with van der Waals surface area (Å²) in [6.45, 7) is 0.918. The monoisotopic (exact) mass is 435 g/mol. The van der Waals surface area contributed by atoms with E-state index in [9.17, 15) is 22.4 Å². The molecule has 1 heterocycles. The van der Waals surface area contributed by atoms with Gasteiger partial charge in [0.2, 0.25) is 5.91 Å². The van der Waals surface area contributed by atoms with Crippen molar-refractivity contribution in [3.8, 4) is 11.5 Å². The van der Waals surface area contributed by atoms with E-state index in [2.05, 4.69) is 0 Å². The minimum absolute atomic E-state index is 0.0538. The van der Waals surface area contributed by atoms with Crippen LogP contribution in [0.25, 0.3) is 0 Å². The summed E-state index contributed by atoms with van der Waals surface area (Å²) in [5.74, 6) is -1.19. The van der Waals surface area contributed by atoms with Gasteiger partial charge in [0.15, 0.2) is 0 Å². The van der Waals surface area contributed by atoms with Gasteiger partial charge in [-0.15, -0.1) is 0 Å². The number of carbonyl (C=O) groups excluding carboxylic acids is 1. The van der Waals surface area contributed by atoms with E-state index in [-0.39, 0.29) is 18.1 Å². The van der Waals surface area contributed by atoms with Crippen molar-refractivity contribution in [3.05, 3.63) is 70.7 Å². The van der Waals surface area contributed by atoms with E-state index in [4.69, 9.17) is 15.9 Å². The lowest BCUT2D eigenvalue weighted by atomic mass is 9.99. The minimum atomic E-state index is -4.77.